The largest absolute Gasteiger partial charge is 0.118 e. The van der Waals surface area contributed by atoms with E-state index >= 15 is 0 Å². The fourth-order valence-corrected chi connectivity index (χ4v) is 9.78. The minimum Gasteiger partial charge on any atom is -0.0654 e. The van der Waals surface area contributed by atoms with Gasteiger partial charge < -0.3 is 0 Å². The highest BCUT2D eigenvalue weighted by Crippen LogP contribution is 2.26. The molecular formula is C24H30Si. The quantitative estimate of drug-likeness (QED) is 0.439. The van der Waals surface area contributed by atoms with Crippen LogP contribution in [0, 0.1) is 0 Å². The van der Waals surface area contributed by atoms with Crippen LogP contribution in [0.4, 0.5) is 0 Å². The molecule has 3 aromatic carbocycles. The molecule has 0 N–H and O–H groups in total. The van der Waals surface area contributed by atoms with Gasteiger partial charge in [-0.15, -0.1) is 0 Å². The monoisotopic (exact) mass is 346 g/mol. The van der Waals surface area contributed by atoms with Crippen molar-refractivity contribution >= 4 is 29.2 Å². The molecule has 0 saturated heterocycles. The number of hydrogen-bond acceptors (Lipinski definition) is 0. The van der Waals surface area contributed by atoms with Gasteiger partial charge in [-0.05, 0) is 28.0 Å². The summed E-state index contributed by atoms with van der Waals surface area (Å²) < 4.78 is 0. The van der Waals surface area contributed by atoms with Gasteiger partial charge >= 0.3 is 0 Å². The highest BCUT2D eigenvalue weighted by Gasteiger charge is 2.36. The van der Waals surface area contributed by atoms with Gasteiger partial charge in [0, 0.05) is 0 Å². The summed E-state index contributed by atoms with van der Waals surface area (Å²) in [4.78, 5) is 0. The highest BCUT2D eigenvalue weighted by molar-refractivity contribution is 7.03. The Hall–Kier alpha value is -1.86. The third kappa shape index (κ3) is 3.72. The molecule has 0 aliphatic carbocycles. The van der Waals surface area contributed by atoms with Crippen LogP contribution in [-0.4, -0.2) is 8.07 Å². The van der Waals surface area contributed by atoms with E-state index < -0.39 is 8.07 Å². The van der Waals surface area contributed by atoms with E-state index in [9.17, 15) is 0 Å². The van der Waals surface area contributed by atoms with Gasteiger partial charge in [0.2, 0.25) is 0 Å². The fourth-order valence-electron chi connectivity index (χ4n) is 4.20. The maximum absolute atomic E-state index is 2.44. The first-order valence-electron chi connectivity index (χ1n) is 9.85. The van der Waals surface area contributed by atoms with Crippen LogP contribution in [-0.2, 0) is 0 Å². The van der Waals surface area contributed by atoms with E-state index in [1.54, 1.807) is 10.4 Å². The third-order valence-electron chi connectivity index (χ3n) is 5.55. The number of fused-ring (bicyclic) bond motifs is 1. The van der Waals surface area contributed by atoms with Crippen molar-refractivity contribution in [3.8, 4) is 0 Å². The summed E-state index contributed by atoms with van der Waals surface area (Å²) in [6.07, 6.45) is 5.21. The van der Waals surface area contributed by atoms with E-state index in [1.807, 2.05) is 0 Å². The second kappa shape index (κ2) is 8.49. The molecule has 0 fully saturated rings. The molecule has 0 aliphatic rings. The zero-order valence-electron chi connectivity index (χ0n) is 15.7. The first-order chi connectivity index (χ1) is 12.3. The van der Waals surface area contributed by atoms with E-state index in [0.717, 1.165) is 0 Å². The highest BCUT2D eigenvalue weighted by atomic mass is 28.3. The second-order valence-corrected chi connectivity index (χ2v) is 11.5. The van der Waals surface area contributed by atoms with E-state index in [-0.39, 0.29) is 0 Å². The summed E-state index contributed by atoms with van der Waals surface area (Å²) in [7, 11) is -1.75. The summed E-state index contributed by atoms with van der Waals surface area (Å²) in [6, 6.07) is 30.1. The first-order valence-corrected chi connectivity index (χ1v) is 12.3. The SMILES string of the molecule is CCCC[Si](CCCC)(c1ccccc1)c1cccc2ccccc12. The lowest BCUT2D eigenvalue weighted by molar-refractivity contribution is 0.838. The van der Waals surface area contributed by atoms with Crippen LogP contribution in [0.25, 0.3) is 10.8 Å². The zero-order chi connectivity index (χ0) is 17.5. The molecule has 130 valence electrons. The molecule has 0 unspecified atom stereocenters. The standard InChI is InChI=1S/C24H30Si/c1-3-5-19-25(20-6-4-2,22-15-8-7-9-16-22)24-18-12-14-21-13-10-11-17-23(21)24/h7-18H,3-6,19-20H2,1-2H3. The molecule has 3 aromatic rings. The maximum atomic E-state index is 2.44. The molecular weight excluding hydrogens is 316 g/mol. The number of benzene rings is 3. The van der Waals surface area contributed by atoms with Gasteiger partial charge in [-0.25, -0.2) is 0 Å². The van der Waals surface area contributed by atoms with Crippen molar-refractivity contribution in [1.29, 1.82) is 0 Å². The molecule has 0 saturated carbocycles. The lowest BCUT2D eigenvalue weighted by atomic mass is 10.1. The van der Waals surface area contributed by atoms with Crippen molar-refractivity contribution in [3.63, 3.8) is 0 Å². The minimum atomic E-state index is -1.75. The van der Waals surface area contributed by atoms with Crippen LogP contribution >= 0.6 is 0 Å². The van der Waals surface area contributed by atoms with Crippen LogP contribution in [0.3, 0.4) is 0 Å². The Morgan fingerprint density at radius 1 is 0.640 bits per heavy atom. The third-order valence-corrected chi connectivity index (χ3v) is 10.9. The van der Waals surface area contributed by atoms with Crippen molar-refractivity contribution in [2.45, 2.75) is 51.6 Å². The molecule has 0 aromatic heterocycles. The topological polar surface area (TPSA) is 0 Å². The van der Waals surface area contributed by atoms with Crippen molar-refractivity contribution in [3.05, 3.63) is 72.8 Å². The smallest absolute Gasteiger partial charge is 0.0654 e. The molecule has 3 rings (SSSR count). The predicted molar refractivity (Wildman–Crippen MR) is 115 cm³/mol. The molecule has 0 spiro atoms. The Labute approximate surface area is 153 Å². The van der Waals surface area contributed by atoms with E-state index in [0.29, 0.717) is 0 Å². The van der Waals surface area contributed by atoms with Gasteiger partial charge in [0.1, 0.15) is 8.07 Å². The van der Waals surface area contributed by atoms with Crippen molar-refractivity contribution in [2.24, 2.45) is 0 Å². The number of rotatable bonds is 8. The van der Waals surface area contributed by atoms with E-state index in [1.165, 1.54) is 48.5 Å². The van der Waals surface area contributed by atoms with Crippen LogP contribution in [0.5, 0.6) is 0 Å². The Bertz CT molecular complexity index is 778. The summed E-state index contributed by atoms with van der Waals surface area (Å²) in [5, 5.41) is 6.14. The number of hydrogen-bond donors (Lipinski definition) is 0. The Balaban J connectivity index is 2.24. The molecule has 0 amide bonds. The zero-order valence-corrected chi connectivity index (χ0v) is 16.7. The fraction of sp³-hybridized carbons (Fsp3) is 0.333. The van der Waals surface area contributed by atoms with Crippen LogP contribution < -0.4 is 10.4 Å². The van der Waals surface area contributed by atoms with E-state index in [2.05, 4.69) is 86.6 Å². The van der Waals surface area contributed by atoms with Gasteiger partial charge in [-0.3, -0.25) is 0 Å². The summed E-state index contributed by atoms with van der Waals surface area (Å²) in [5.74, 6) is 0. The Morgan fingerprint density at radius 2 is 1.24 bits per heavy atom. The maximum Gasteiger partial charge on any atom is 0.118 e. The van der Waals surface area contributed by atoms with Crippen LogP contribution in [0.1, 0.15) is 39.5 Å². The molecule has 0 atom stereocenters. The van der Waals surface area contributed by atoms with Crippen LogP contribution in [0.2, 0.25) is 12.1 Å². The molecule has 0 aliphatic heterocycles. The normalized spacial score (nSPS) is 11.8. The van der Waals surface area contributed by atoms with E-state index in [4.69, 9.17) is 0 Å². The van der Waals surface area contributed by atoms with Crippen molar-refractivity contribution < 1.29 is 0 Å². The van der Waals surface area contributed by atoms with Gasteiger partial charge in [0.05, 0.1) is 0 Å². The molecule has 1 heteroatoms. The van der Waals surface area contributed by atoms with Gasteiger partial charge in [0.15, 0.2) is 0 Å². The summed E-state index contributed by atoms with van der Waals surface area (Å²) in [5.41, 5.74) is 0. The lowest BCUT2D eigenvalue weighted by Crippen LogP contribution is -2.58. The first kappa shape index (κ1) is 17.9. The average molecular weight is 347 g/mol. The Morgan fingerprint density at radius 3 is 1.92 bits per heavy atom. The number of unbranched alkanes of at least 4 members (excludes halogenated alkanes) is 2. The van der Waals surface area contributed by atoms with Crippen LogP contribution in [0.15, 0.2) is 72.8 Å². The van der Waals surface area contributed by atoms with Gasteiger partial charge in [0.25, 0.3) is 0 Å². The van der Waals surface area contributed by atoms with Crippen molar-refractivity contribution in [2.75, 3.05) is 0 Å². The lowest BCUT2D eigenvalue weighted by Gasteiger charge is -2.34. The molecule has 0 heterocycles. The predicted octanol–water partition coefficient (Wildman–Crippen LogP) is 6.00. The molecule has 0 radical (unpaired) electrons. The molecule has 25 heavy (non-hydrogen) atoms. The summed E-state index contributed by atoms with van der Waals surface area (Å²) >= 11 is 0. The Kier molecular flexibility index (Phi) is 6.09. The van der Waals surface area contributed by atoms with Crippen molar-refractivity contribution in [1.82, 2.24) is 0 Å². The van der Waals surface area contributed by atoms with Gasteiger partial charge in [-0.2, -0.15) is 0 Å². The summed E-state index contributed by atoms with van der Waals surface area (Å²) in [6.45, 7) is 4.65. The second-order valence-electron chi connectivity index (χ2n) is 7.18. The molecule has 0 bridgehead atoms. The van der Waals surface area contributed by atoms with Gasteiger partial charge in [-0.1, -0.05) is 118 Å². The average Bonchev–Trinajstić information content (AvgIpc) is 2.69. The molecule has 0 nitrogen and oxygen atoms in total. The minimum absolute atomic E-state index is 1.28.